The highest BCUT2D eigenvalue weighted by Gasteiger charge is 2.24. The van der Waals surface area contributed by atoms with E-state index in [9.17, 15) is 9.59 Å². The zero-order valence-corrected chi connectivity index (χ0v) is 20.7. The first-order valence-corrected chi connectivity index (χ1v) is 11.1. The van der Waals surface area contributed by atoms with Gasteiger partial charge in [0.15, 0.2) is 0 Å². The zero-order valence-electron chi connectivity index (χ0n) is 19.2. The molecule has 0 aliphatic rings. The summed E-state index contributed by atoms with van der Waals surface area (Å²) in [5.74, 6) is -1.11. The maximum atomic E-state index is 12.6. The molecule has 1 N–H and O–H groups in total. The first kappa shape index (κ1) is 26.9. The molecule has 2 aromatic carbocycles. The maximum absolute atomic E-state index is 12.6. The molecule has 2 aromatic rings. The summed E-state index contributed by atoms with van der Waals surface area (Å²) in [7, 11) is 2.86. The van der Waals surface area contributed by atoms with Crippen LogP contribution in [0.3, 0.4) is 0 Å². The van der Waals surface area contributed by atoms with Crippen molar-refractivity contribution in [3.63, 3.8) is 0 Å². The van der Waals surface area contributed by atoms with Gasteiger partial charge in [-0.1, -0.05) is 79.5 Å². The number of hydrogen-bond acceptors (Lipinski definition) is 5. The number of halogens is 2. The third-order valence-corrected chi connectivity index (χ3v) is 5.65. The molecule has 0 aliphatic heterocycles. The van der Waals surface area contributed by atoms with Crippen molar-refractivity contribution in [2.45, 2.75) is 31.7 Å². The second-order valence-electron chi connectivity index (χ2n) is 8.04. The van der Waals surface area contributed by atoms with E-state index in [1.165, 1.54) is 7.11 Å². The Hall–Kier alpha value is -2.38. The number of esters is 1. The summed E-state index contributed by atoms with van der Waals surface area (Å²) in [6.07, 6.45) is 3.92. The van der Waals surface area contributed by atoms with Crippen molar-refractivity contribution in [1.82, 2.24) is 5.32 Å². The monoisotopic (exact) mass is 493 g/mol. The summed E-state index contributed by atoms with van der Waals surface area (Å²) in [6.45, 7) is 4.99. The third-order valence-electron chi connectivity index (χ3n) is 5.02. The van der Waals surface area contributed by atoms with Gasteiger partial charge in [-0.25, -0.2) is 4.79 Å². The number of ether oxygens (including phenoxy) is 3. The molecule has 1 amide bonds. The van der Waals surface area contributed by atoms with Crippen LogP contribution in [0, 0.1) is 0 Å². The molecule has 8 heteroatoms. The van der Waals surface area contributed by atoms with Gasteiger partial charge in [0.25, 0.3) is 5.91 Å². The Labute approximate surface area is 204 Å². The Bertz CT molecular complexity index is 953. The van der Waals surface area contributed by atoms with Crippen molar-refractivity contribution < 1.29 is 23.8 Å². The molecule has 0 saturated heterocycles. The van der Waals surface area contributed by atoms with E-state index in [2.05, 4.69) is 19.2 Å². The molecule has 0 aromatic heterocycles. The molecule has 33 heavy (non-hydrogen) atoms. The molecule has 0 heterocycles. The van der Waals surface area contributed by atoms with Crippen LogP contribution >= 0.6 is 23.2 Å². The highest BCUT2D eigenvalue weighted by molar-refractivity contribution is 6.39. The molecule has 2 rings (SSSR count). The van der Waals surface area contributed by atoms with Gasteiger partial charge in [0.2, 0.25) is 0 Å². The normalized spacial score (nSPS) is 12.5. The summed E-state index contributed by atoms with van der Waals surface area (Å²) in [5.41, 5.74) is 2.04. The largest absolute Gasteiger partial charge is 0.467 e. The molecule has 1 atom stereocenters. The van der Waals surface area contributed by atoms with Crippen molar-refractivity contribution in [3.8, 4) is 0 Å². The van der Waals surface area contributed by atoms with Crippen LogP contribution in [0.15, 0.2) is 48.5 Å². The van der Waals surface area contributed by atoms with Crippen LogP contribution in [0.5, 0.6) is 0 Å². The molecule has 1 unspecified atom stereocenters. The van der Waals surface area contributed by atoms with Gasteiger partial charge in [-0.05, 0) is 29.7 Å². The number of rotatable bonds is 11. The van der Waals surface area contributed by atoms with Crippen LogP contribution in [0.4, 0.5) is 0 Å². The Morgan fingerprint density at radius 2 is 1.70 bits per heavy atom. The lowest BCUT2D eigenvalue weighted by atomic mass is 9.85. The molecule has 0 fully saturated rings. The molecular formula is C25H29Cl2NO5. The maximum Gasteiger partial charge on any atom is 0.328 e. The summed E-state index contributed by atoms with van der Waals surface area (Å²) >= 11 is 12.2. The Balaban J connectivity index is 2.05. The lowest BCUT2D eigenvalue weighted by molar-refractivity contribution is -0.142. The van der Waals surface area contributed by atoms with Gasteiger partial charge >= 0.3 is 5.97 Å². The average Bonchev–Trinajstić information content (AvgIpc) is 2.78. The summed E-state index contributed by atoms with van der Waals surface area (Å²) in [6, 6.07) is 11.9. The van der Waals surface area contributed by atoms with E-state index in [-0.39, 0.29) is 34.2 Å². The number of benzene rings is 2. The second-order valence-corrected chi connectivity index (χ2v) is 8.86. The minimum absolute atomic E-state index is 0.117. The quantitative estimate of drug-likeness (QED) is 0.262. The molecule has 6 nitrogen and oxygen atoms in total. The summed E-state index contributed by atoms with van der Waals surface area (Å²) in [5, 5.41) is 3.05. The van der Waals surface area contributed by atoms with Crippen LogP contribution < -0.4 is 5.32 Å². The van der Waals surface area contributed by atoms with Crippen molar-refractivity contribution in [2.75, 3.05) is 27.6 Å². The first-order chi connectivity index (χ1) is 15.7. The highest BCUT2D eigenvalue weighted by atomic mass is 35.5. The van der Waals surface area contributed by atoms with Gasteiger partial charge in [-0.2, -0.15) is 0 Å². The number of carbonyl (C=O) groups is 2. The van der Waals surface area contributed by atoms with Gasteiger partial charge in [0.1, 0.15) is 12.8 Å². The zero-order chi connectivity index (χ0) is 24.4. The van der Waals surface area contributed by atoms with Crippen LogP contribution in [0.25, 0.3) is 6.08 Å². The number of carbonyl (C=O) groups excluding carboxylic acids is 2. The fraction of sp³-hybridized carbons (Fsp3) is 0.360. The van der Waals surface area contributed by atoms with E-state index < -0.39 is 17.9 Å². The van der Waals surface area contributed by atoms with Gasteiger partial charge < -0.3 is 19.5 Å². The topological polar surface area (TPSA) is 73.9 Å². The number of amides is 1. The molecule has 0 spiro atoms. The lowest BCUT2D eigenvalue weighted by Gasteiger charge is -2.25. The molecule has 0 aliphatic carbocycles. The van der Waals surface area contributed by atoms with Gasteiger partial charge in [0, 0.05) is 12.5 Å². The Morgan fingerprint density at radius 3 is 2.27 bits per heavy atom. The highest BCUT2D eigenvalue weighted by Crippen LogP contribution is 2.25. The van der Waals surface area contributed by atoms with Gasteiger partial charge in [-0.15, -0.1) is 0 Å². The molecule has 178 valence electrons. The van der Waals surface area contributed by atoms with E-state index in [1.54, 1.807) is 31.4 Å². The Kier molecular flexibility index (Phi) is 10.4. The average molecular weight is 494 g/mol. The van der Waals surface area contributed by atoms with E-state index in [1.807, 2.05) is 30.3 Å². The number of methoxy groups -OCH3 is 2. The van der Waals surface area contributed by atoms with E-state index >= 15 is 0 Å². The fourth-order valence-electron chi connectivity index (χ4n) is 3.15. The molecular weight excluding hydrogens is 465 g/mol. The lowest BCUT2D eigenvalue weighted by Crippen LogP contribution is -2.41. The van der Waals surface area contributed by atoms with Crippen molar-refractivity contribution in [3.05, 3.63) is 75.3 Å². The van der Waals surface area contributed by atoms with Gasteiger partial charge in [-0.3, -0.25) is 4.79 Å². The van der Waals surface area contributed by atoms with E-state index in [0.29, 0.717) is 6.61 Å². The van der Waals surface area contributed by atoms with Gasteiger partial charge in [0.05, 0.1) is 29.3 Å². The number of hydrogen-bond donors (Lipinski definition) is 1. The van der Waals surface area contributed by atoms with E-state index in [0.717, 1.165) is 11.1 Å². The van der Waals surface area contributed by atoms with Crippen LogP contribution in [0.1, 0.15) is 41.8 Å². The molecule has 0 saturated carbocycles. The Morgan fingerprint density at radius 1 is 1.06 bits per heavy atom. The molecule has 0 bridgehead atoms. The van der Waals surface area contributed by atoms with Crippen LogP contribution in [0.2, 0.25) is 10.0 Å². The smallest absolute Gasteiger partial charge is 0.328 e. The minimum Gasteiger partial charge on any atom is -0.467 e. The predicted molar refractivity (Wildman–Crippen MR) is 131 cm³/mol. The second kappa shape index (κ2) is 12.8. The summed E-state index contributed by atoms with van der Waals surface area (Å²) < 4.78 is 15.3. The van der Waals surface area contributed by atoms with Crippen LogP contribution in [-0.2, 0) is 24.4 Å². The SMILES string of the molecule is COCOCC(C)(C)c1ccc(/C=C/CC(NC(=O)c2c(Cl)cccc2Cl)C(=O)OC)cc1. The number of nitrogens with one attached hydrogen (secondary N) is 1. The van der Waals surface area contributed by atoms with E-state index in [4.69, 9.17) is 37.4 Å². The van der Waals surface area contributed by atoms with Crippen molar-refractivity contribution in [2.24, 2.45) is 0 Å². The first-order valence-electron chi connectivity index (χ1n) is 10.4. The fourth-order valence-corrected chi connectivity index (χ4v) is 3.72. The van der Waals surface area contributed by atoms with Crippen molar-refractivity contribution >= 4 is 41.2 Å². The van der Waals surface area contributed by atoms with Crippen molar-refractivity contribution in [1.29, 1.82) is 0 Å². The predicted octanol–water partition coefficient (Wildman–Crippen LogP) is 5.27. The minimum atomic E-state index is -0.887. The summed E-state index contributed by atoms with van der Waals surface area (Å²) in [4.78, 5) is 24.8. The third kappa shape index (κ3) is 7.86. The molecule has 0 radical (unpaired) electrons. The standard InChI is InChI=1S/C25H29Cl2NO5/c1-25(2,15-33-16-31-3)18-13-11-17(12-14-18)7-5-10-21(24(30)32-4)28-23(29)22-19(26)8-6-9-20(22)27/h5-9,11-14,21H,10,15-16H2,1-4H3,(H,28,29)/b7-5+. The van der Waals surface area contributed by atoms with Crippen LogP contribution in [-0.4, -0.2) is 45.5 Å².